The van der Waals surface area contributed by atoms with Gasteiger partial charge in [-0.25, -0.2) is 5.43 Å². The van der Waals surface area contributed by atoms with Crippen molar-refractivity contribution in [3.8, 4) is 0 Å². The van der Waals surface area contributed by atoms with Gasteiger partial charge in [0.05, 0.1) is 14.4 Å². The highest BCUT2D eigenvalue weighted by Crippen LogP contribution is 2.66. The molecule has 0 aromatic heterocycles. The second-order valence-electron chi connectivity index (χ2n) is 5.67. The van der Waals surface area contributed by atoms with Crippen molar-refractivity contribution >= 4 is 43.5 Å². The molecule has 1 atom stereocenters. The molecule has 0 aliphatic heterocycles. The highest BCUT2D eigenvalue weighted by atomic mass is 79.9. The Hall–Kier alpha value is -0.680. The molecule has 1 unspecified atom stereocenters. The molecule has 1 aliphatic rings. The van der Waals surface area contributed by atoms with E-state index in [1.54, 1.807) is 0 Å². The van der Waals surface area contributed by atoms with Crippen LogP contribution in [0, 0.1) is 19.3 Å². The number of rotatable bonds is 3. The average molecular weight is 402 g/mol. The van der Waals surface area contributed by atoms with Gasteiger partial charge in [-0.15, -0.1) is 0 Å². The molecule has 1 aromatic carbocycles. The number of carbonyl (C=O) groups excluding carboxylic acids is 1. The lowest BCUT2D eigenvalue weighted by Gasteiger charge is -2.11. The zero-order valence-corrected chi connectivity index (χ0v) is 15.2. The quantitative estimate of drug-likeness (QED) is 0.463. The van der Waals surface area contributed by atoms with Crippen LogP contribution in [0.5, 0.6) is 0 Å². The SMILES string of the molecule is CC(=NNC(=O)C1(C)CC1(Br)Br)c1ccc(C)cc1C. The van der Waals surface area contributed by atoms with Gasteiger partial charge in [0, 0.05) is 5.56 Å². The van der Waals surface area contributed by atoms with Crippen LogP contribution in [0.25, 0.3) is 0 Å². The van der Waals surface area contributed by atoms with Gasteiger partial charge in [0.2, 0.25) is 5.91 Å². The third-order valence-corrected chi connectivity index (χ3v) is 6.17. The molecule has 0 spiro atoms. The third kappa shape index (κ3) is 2.84. The van der Waals surface area contributed by atoms with Crippen LogP contribution in [0.1, 0.15) is 37.0 Å². The lowest BCUT2D eigenvalue weighted by Crippen LogP contribution is -2.30. The molecule has 1 aliphatic carbocycles. The molecule has 1 fully saturated rings. The van der Waals surface area contributed by atoms with E-state index in [4.69, 9.17) is 0 Å². The van der Waals surface area contributed by atoms with E-state index in [0.29, 0.717) is 0 Å². The van der Waals surface area contributed by atoms with Gasteiger partial charge in [-0.1, -0.05) is 55.6 Å². The Balaban J connectivity index is 2.10. The molecule has 0 bridgehead atoms. The number of halogens is 2. The van der Waals surface area contributed by atoms with E-state index in [1.807, 2.05) is 32.9 Å². The number of hydrazone groups is 1. The summed E-state index contributed by atoms with van der Waals surface area (Å²) in [6.07, 6.45) is 0.754. The van der Waals surface area contributed by atoms with E-state index in [1.165, 1.54) is 5.56 Å². The zero-order valence-electron chi connectivity index (χ0n) is 12.1. The molecule has 1 amide bonds. The molecule has 20 heavy (non-hydrogen) atoms. The summed E-state index contributed by atoms with van der Waals surface area (Å²) in [4.78, 5) is 12.1. The third-order valence-electron chi connectivity index (χ3n) is 3.86. The fourth-order valence-electron chi connectivity index (χ4n) is 2.18. The molecule has 5 heteroatoms. The molecule has 0 radical (unpaired) electrons. The Bertz CT molecular complexity index is 596. The van der Waals surface area contributed by atoms with Crippen LogP contribution in [-0.2, 0) is 4.79 Å². The lowest BCUT2D eigenvalue weighted by atomic mass is 10.0. The molecule has 3 nitrogen and oxygen atoms in total. The van der Waals surface area contributed by atoms with Gasteiger partial charge in [0.1, 0.15) is 0 Å². The van der Waals surface area contributed by atoms with E-state index >= 15 is 0 Å². The van der Waals surface area contributed by atoms with Gasteiger partial charge in [-0.2, -0.15) is 5.10 Å². The fourth-order valence-corrected chi connectivity index (χ4v) is 3.67. The number of hydrogen-bond acceptors (Lipinski definition) is 2. The second kappa shape index (κ2) is 5.26. The number of hydrogen-bond donors (Lipinski definition) is 1. The number of carbonyl (C=O) groups is 1. The maximum Gasteiger partial charge on any atom is 0.248 e. The lowest BCUT2D eigenvalue weighted by molar-refractivity contribution is -0.125. The van der Waals surface area contributed by atoms with Crippen molar-refractivity contribution in [2.45, 2.75) is 37.3 Å². The molecule has 108 valence electrons. The molecule has 1 aromatic rings. The predicted octanol–water partition coefficient (Wildman–Crippen LogP) is 4.04. The topological polar surface area (TPSA) is 41.5 Å². The van der Waals surface area contributed by atoms with Crippen LogP contribution in [0.15, 0.2) is 23.3 Å². The summed E-state index contributed by atoms with van der Waals surface area (Å²) >= 11 is 6.98. The summed E-state index contributed by atoms with van der Waals surface area (Å²) in [6, 6.07) is 6.20. The van der Waals surface area contributed by atoms with Gasteiger partial charge in [0.15, 0.2) is 0 Å². The Labute approximate surface area is 136 Å². The molecule has 1 N–H and O–H groups in total. The molecule has 0 heterocycles. The van der Waals surface area contributed by atoms with Crippen LogP contribution in [0.4, 0.5) is 0 Å². The summed E-state index contributed by atoms with van der Waals surface area (Å²) in [7, 11) is 0. The number of nitrogens with zero attached hydrogens (tertiary/aromatic N) is 1. The van der Waals surface area contributed by atoms with Crippen molar-refractivity contribution in [1.82, 2.24) is 5.43 Å². The van der Waals surface area contributed by atoms with Crippen LogP contribution in [0.2, 0.25) is 0 Å². The standard InChI is InChI=1S/C15H18Br2N2O/c1-9-5-6-12(10(2)7-9)11(3)18-19-13(20)14(4)8-15(14,16)17/h5-7H,8H2,1-4H3,(H,19,20). The number of alkyl halides is 2. The molecular formula is C15H18Br2N2O. The summed E-state index contributed by atoms with van der Waals surface area (Å²) in [5.74, 6) is -0.0737. The van der Waals surface area contributed by atoms with Crippen molar-refractivity contribution in [2.75, 3.05) is 0 Å². The van der Waals surface area contributed by atoms with Crippen molar-refractivity contribution in [2.24, 2.45) is 10.5 Å². The maximum atomic E-state index is 12.1. The predicted molar refractivity (Wildman–Crippen MR) is 89.6 cm³/mol. The minimum atomic E-state index is -0.445. The first kappa shape index (κ1) is 15.7. The maximum absolute atomic E-state index is 12.1. The monoisotopic (exact) mass is 400 g/mol. The Kier molecular flexibility index (Phi) is 4.13. The van der Waals surface area contributed by atoms with Gasteiger partial charge < -0.3 is 0 Å². The Morgan fingerprint density at radius 2 is 1.95 bits per heavy atom. The van der Waals surface area contributed by atoms with Gasteiger partial charge in [-0.3, -0.25) is 4.79 Å². The summed E-state index contributed by atoms with van der Waals surface area (Å²) in [5.41, 5.74) is 6.48. The minimum Gasteiger partial charge on any atom is -0.272 e. The minimum absolute atomic E-state index is 0.0737. The van der Waals surface area contributed by atoms with Crippen LogP contribution in [0.3, 0.4) is 0 Å². The first-order valence-electron chi connectivity index (χ1n) is 6.47. The molecule has 2 rings (SSSR count). The number of aryl methyl sites for hydroxylation is 2. The highest BCUT2D eigenvalue weighted by Gasteiger charge is 2.66. The van der Waals surface area contributed by atoms with E-state index in [2.05, 4.69) is 55.4 Å². The Morgan fingerprint density at radius 3 is 2.45 bits per heavy atom. The molecular weight excluding hydrogens is 384 g/mol. The van der Waals surface area contributed by atoms with Crippen molar-refractivity contribution < 1.29 is 4.79 Å². The van der Waals surface area contributed by atoms with E-state index < -0.39 is 5.41 Å². The smallest absolute Gasteiger partial charge is 0.248 e. The summed E-state index contributed by atoms with van der Waals surface area (Å²) in [5, 5.41) is 4.23. The van der Waals surface area contributed by atoms with Crippen LogP contribution in [-0.4, -0.2) is 14.9 Å². The summed E-state index contributed by atoms with van der Waals surface area (Å²) in [6.45, 7) is 7.93. The first-order valence-corrected chi connectivity index (χ1v) is 8.06. The molecule has 0 saturated heterocycles. The van der Waals surface area contributed by atoms with E-state index in [-0.39, 0.29) is 9.14 Å². The van der Waals surface area contributed by atoms with Gasteiger partial charge in [0.25, 0.3) is 0 Å². The highest BCUT2D eigenvalue weighted by molar-refractivity contribution is 9.25. The summed E-state index contributed by atoms with van der Waals surface area (Å²) < 4.78 is -0.291. The normalized spacial score (nSPS) is 24.4. The van der Waals surface area contributed by atoms with Gasteiger partial charge >= 0.3 is 0 Å². The fraction of sp³-hybridized carbons (Fsp3) is 0.467. The largest absolute Gasteiger partial charge is 0.272 e. The number of benzene rings is 1. The van der Waals surface area contributed by atoms with Crippen molar-refractivity contribution in [3.05, 3.63) is 34.9 Å². The first-order chi connectivity index (χ1) is 9.17. The Morgan fingerprint density at radius 1 is 1.35 bits per heavy atom. The number of amides is 1. The van der Waals surface area contributed by atoms with Crippen LogP contribution >= 0.6 is 31.9 Å². The van der Waals surface area contributed by atoms with E-state index in [0.717, 1.165) is 23.3 Å². The van der Waals surface area contributed by atoms with Crippen molar-refractivity contribution in [1.29, 1.82) is 0 Å². The molecule has 1 saturated carbocycles. The second-order valence-corrected chi connectivity index (χ2v) is 9.44. The number of nitrogens with one attached hydrogen (secondary N) is 1. The van der Waals surface area contributed by atoms with Crippen LogP contribution < -0.4 is 5.43 Å². The van der Waals surface area contributed by atoms with E-state index in [9.17, 15) is 4.79 Å². The van der Waals surface area contributed by atoms with Crippen molar-refractivity contribution in [3.63, 3.8) is 0 Å². The zero-order chi connectivity index (χ0) is 15.1. The van der Waals surface area contributed by atoms with Gasteiger partial charge in [-0.05, 0) is 39.7 Å². The average Bonchev–Trinajstić information content (AvgIpc) is 2.86.